The molecule has 1 atom stereocenters. The molecule has 0 radical (unpaired) electrons. The number of benzene rings is 1. The second-order valence-electron chi connectivity index (χ2n) is 4.71. The summed E-state index contributed by atoms with van der Waals surface area (Å²) in [5.41, 5.74) is 0.973. The van der Waals surface area contributed by atoms with E-state index in [1.165, 1.54) is 19.3 Å². The van der Waals surface area contributed by atoms with Crippen LogP contribution in [0, 0.1) is 0 Å². The smallest absolute Gasteiger partial charge is 0.142 e. The summed E-state index contributed by atoms with van der Waals surface area (Å²) in [5.74, 6) is 0.844. The molecule has 0 aliphatic carbocycles. The van der Waals surface area contributed by atoms with Crippen LogP contribution in [0.15, 0.2) is 18.2 Å². The van der Waals surface area contributed by atoms with Gasteiger partial charge in [0.1, 0.15) is 5.75 Å². The molecule has 0 bridgehead atoms. The normalized spacial score (nSPS) is 19.6. The Hall–Kier alpha value is -0.930. The molecule has 1 heterocycles. The number of piperidine rings is 1. The highest BCUT2D eigenvalue weighted by Gasteiger charge is 2.12. The Morgan fingerprint density at radius 2 is 2.33 bits per heavy atom. The maximum absolute atomic E-state index is 5.99. The van der Waals surface area contributed by atoms with E-state index >= 15 is 0 Å². The molecular formula is C14H21ClN2O. The highest BCUT2D eigenvalue weighted by Crippen LogP contribution is 2.27. The van der Waals surface area contributed by atoms with Crippen LogP contribution >= 0.6 is 11.6 Å². The van der Waals surface area contributed by atoms with Gasteiger partial charge in [-0.05, 0) is 44.0 Å². The summed E-state index contributed by atoms with van der Waals surface area (Å²) in [6, 6.07) is 6.29. The number of rotatable bonds is 5. The van der Waals surface area contributed by atoms with Crippen LogP contribution in [0.5, 0.6) is 5.75 Å². The van der Waals surface area contributed by atoms with Gasteiger partial charge in [0.25, 0.3) is 0 Å². The number of halogens is 1. The van der Waals surface area contributed by atoms with Crippen LogP contribution in [0.3, 0.4) is 0 Å². The lowest BCUT2D eigenvalue weighted by molar-refractivity contribution is 0.388. The van der Waals surface area contributed by atoms with Crippen molar-refractivity contribution in [2.75, 3.05) is 25.5 Å². The lowest BCUT2D eigenvalue weighted by Gasteiger charge is -2.23. The van der Waals surface area contributed by atoms with E-state index in [1.807, 2.05) is 18.2 Å². The van der Waals surface area contributed by atoms with Crippen molar-refractivity contribution in [3.8, 4) is 5.75 Å². The zero-order valence-electron chi connectivity index (χ0n) is 10.8. The van der Waals surface area contributed by atoms with Gasteiger partial charge in [-0.3, -0.25) is 0 Å². The lowest BCUT2D eigenvalue weighted by Crippen LogP contribution is -2.35. The molecule has 2 N–H and O–H groups in total. The van der Waals surface area contributed by atoms with E-state index < -0.39 is 0 Å². The van der Waals surface area contributed by atoms with Gasteiger partial charge < -0.3 is 15.4 Å². The second-order valence-corrected chi connectivity index (χ2v) is 5.14. The third kappa shape index (κ3) is 3.79. The minimum Gasteiger partial charge on any atom is -0.495 e. The van der Waals surface area contributed by atoms with Crippen molar-refractivity contribution in [3.05, 3.63) is 23.2 Å². The summed E-state index contributed by atoms with van der Waals surface area (Å²) in [7, 11) is 1.68. The maximum Gasteiger partial charge on any atom is 0.142 e. The number of ether oxygens (including phenoxy) is 1. The summed E-state index contributed by atoms with van der Waals surface area (Å²) in [6.07, 6.45) is 5.08. The molecule has 0 amide bonds. The fraction of sp³-hybridized carbons (Fsp3) is 0.571. The number of hydrogen-bond donors (Lipinski definition) is 2. The Balaban J connectivity index is 1.83. The molecule has 1 aliphatic heterocycles. The topological polar surface area (TPSA) is 33.3 Å². The Bertz CT molecular complexity index is 378. The molecule has 3 nitrogen and oxygen atoms in total. The lowest BCUT2D eigenvalue weighted by atomic mass is 10.0. The van der Waals surface area contributed by atoms with Crippen LogP contribution in [0.25, 0.3) is 0 Å². The molecule has 100 valence electrons. The predicted octanol–water partition coefficient (Wildman–Crippen LogP) is 3.29. The third-order valence-electron chi connectivity index (χ3n) is 3.38. The molecule has 18 heavy (non-hydrogen) atoms. The summed E-state index contributed by atoms with van der Waals surface area (Å²) < 4.78 is 5.31. The molecule has 0 saturated carbocycles. The first-order chi connectivity index (χ1) is 8.79. The largest absolute Gasteiger partial charge is 0.495 e. The van der Waals surface area contributed by atoms with E-state index in [0.717, 1.165) is 36.0 Å². The molecule has 2 rings (SSSR count). The summed E-state index contributed by atoms with van der Waals surface area (Å²) in [5, 5.41) is 7.68. The summed E-state index contributed by atoms with van der Waals surface area (Å²) >= 11 is 5.99. The Morgan fingerprint density at radius 1 is 1.44 bits per heavy atom. The Labute approximate surface area is 114 Å². The molecule has 0 aromatic heterocycles. The van der Waals surface area contributed by atoms with Gasteiger partial charge in [-0.1, -0.05) is 18.0 Å². The second kappa shape index (κ2) is 6.86. The van der Waals surface area contributed by atoms with Gasteiger partial charge >= 0.3 is 0 Å². The SMILES string of the molecule is COc1ccc(Cl)cc1NCCC1CCCCN1. The average molecular weight is 269 g/mol. The minimum absolute atomic E-state index is 0.649. The van der Waals surface area contributed by atoms with Crippen molar-refractivity contribution in [2.45, 2.75) is 31.7 Å². The van der Waals surface area contributed by atoms with Gasteiger partial charge in [-0.15, -0.1) is 0 Å². The van der Waals surface area contributed by atoms with E-state index in [-0.39, 0.29) is 0 Å². The van der Waals surface area contributed by atoms with E-state index in [9.17, 15) is 0 Å². The zero-order valence-corrected chi connectivity index (χ0v) is 11.6. The van der Waals surface area contributed by atoms with Crippen LogP contribution in [-0.2, 0) is 0 Å². The van der Waals surface area contributed by atoms with E-state index in [2.05, 4.69) is 10.6 Å². The first-order valence-electron chi connectivity index (χ1n) is 6.60. The van der Waals surface area contributed by atoms with Gasteiger partial charge in [0.15, 0.2) is 0 Å². The molecule has 1 fully saturated rings. The molecule has 4 heteroatoms. The third-order valence-corrected chi connectivity index (χ3v) is 3.62. The van der Waals surface area contributed by atoms with Crippen molar-refractivity contribution in [3.63, 3.8) is 0 Å². The fourth-order valence-corrected chi connectivity index (χ4v) is 2.54. The molecule has 1 aromatic rings. The van der Waals surface area contributed by atoms with Crippen LogP contribution in [0.4, 0.5) is 5.69 Å². The summed E-state index contributed by atoms with van der Waals surface area (Å²) in [4.78, 5) is 0. The van der Waals surface area contributed by atoms with Gasteiger partial charge in [0, 0.05) is 17.6 Å². The minimum atomic E-state index is 0.649. The Kier molecular flexibility index (Phi) is 5.14. The number of methoxy groups -OCH3 is 1. The van der Waals surface area contributed by atoms with E-state index in [4.69, 9.17) is 16.3 Å². The zero-order chi connectivity index (χ0) is 12.8. The quantitative estimate of drug-likeness (QED) is 0.860. The fourth-order valence-electron chi connectivity index (χ4n) is 2.37. The molecular weight excluding hydrogens is 248 g/mol. The average Bonchev–Trinajstić information content (AvgIpc) is 2.40. The first-order valence-corrected chi connectivity index (χ1v) is 6.98. The van der Waals surface area contributed by atoms with Crippen LogP contribution in [0.2, 0.25) is 5.02 Å². The molecule has 1 aliphatic rings. The number of anilines is 1. The monoisotopic (exact) mass is 268 g/mol. The standard InChI is InChI=1S/C14H21ClN2O/c1-18-14-6-5-11(15)10-13(14)17-9-7-12-4-2-3-8-16-12/h5-6,10,12,16-17H,2-4,7-9H2,1H3. The van der Waals surface area contributed by atoms with Crippen molar-refractivity contribution in [1.29, 1.82) is 0 Å². The van der Waals surface area contributed by atoms with Crippen molar-refractivity contribution < 1.29 is 4.74 Å². The van der Waals surface area contributed by atoms with E-state index in [0.29, 0.717) is 6.04 Å². The van der Waals surface area contributed by atoms with Gasteiger partial charge in [-0.2, -0.15) is 0 Å². The first kappa shape index (κ1) is 13.5. The van der Waals surface area contributed by atoms with Crippen molar-refractivity contribution >= 4 is 17.3 Å². The molecule has 1 unspecified atom stereocenters. The van der Waals surface area contributed by atoms with Gasteiger partial charge in [0.05, 0.1) is 12.8 Å². The van der Waals surface area contributed by atoms with Crippen molar-refractivity contribution in [1.82, 2.24) is 5.32 Å². The van der Waals surface area contributed by atoms with E-state index in [1.54, 1.807) is 7.11 Å². The maximum atomic E-state index is 5.99. The van der Waals surface area contributed by atoms with Gasteiger partial charge in [-0.25, -0.2) is 0 Å². The van der Waals surface area contributed by atoms with Crippen LogP contribution < -0.4 is 15.4 Å². The Morgan fingerprint density at radius 3 is 3.06 bits per heavy atom. The molecule has 1 saturated heterocycles. The highest BCUT2D eigenvalue weighted by atomic mass is 35.5. The number of nitrogens with one attached hydrogen (secondary N) is 2. The predicted molar refractivity (Wildman–Crippen MR) is 76.8 cm³/mol. The van der Waals surface area contributed by atoms with Crippen LogP contribution in [-0.4, -0.2) is 26.2 Å². The number of hydrogen-bond acceptors (Lipinski definition) is 3. The molecule has 1 aromatic carbocycles. The summed E-state index contributed by atoms with van der Waals surface area (Å²) in [6.45, 7) is 2.10. The molecule has 0 spiro atoms. The van der Waals surface area contributed by atoms with Gasteiger partial charge in [0.2, 0.25) is 0 Å². The van der Waals surface area contributed by atoms with Crippen LogP contribution in [0.1, 0.15) is 25.7 Å². The highest BCUT2D eigenvalue weighted by molar-refractivity contribution is 6.30. The van der Waals surface area contributed by atoms with Crippen molar-refractivity contribution in [2.24, 2.45) is 0 Å².